The molecule has 0 amide bonds. The summed E-state index contributed by atoms with van der Waals surface area (Å²) in [6.45, 7) is 6.37. The standard InChI is InChI=1S/C30H26N2O2/c1-17-25(20-12-8-9-13-22(20)31(17)4)26-28(33)21(29(26)34)16-24-30(2,3)27-19-11-7-6-10-18(19)14-15-23(27)32(24)5/h6-16H,1-5H3/p+1. The Hall–Kier alpha value is -3.92. The van der Waals surface area contributed by atoms with E-state index in [0.29, 0.717) is 11.1 Å². The van der Waals surface area contributed by atoms with Crippen molar-refractivity contribution in [3.63, 3.8) is 0 Å². The topological polar surface area (TPSA) is 45.2 Å². The Labute approximate surface area is 198 Å². The Morgan fingerprint density at radius 2 is 1.65 bits per heavy atom. The van der Waals surface area contributed by atoms with E-state index in [0.717, 1.165) is 33.6 Å². The van der Waals surface area contributed by atoms with Crippen molar-refractivity contribution in [2.45, 2.75) is 26.2 Å². The summed E-state index contributed by atoms with van der Waals surface area (Å²) in [6, 6.07) is 20.7. The molecule has 0 bridgehead atoms. The predicted molar refractivity (Wildman–Crippen MR) is 138 cm³/mol. The molecule has 0 saturated heterocycles. The number of nitrogens with zero attached hydrogens (tertiary/aromatic N) is 2. The monoisotopic (exact) mass is 447 g/mol. The summed E-state index contributed by atoms with van der Waals surface area (Å²) >= 11 is 0. The maximum atomic E-state index is 13.4. The predicted octanol–water partition coefficient (Wildman–Crippen LogP) is 6.12. The number of aliphatic hydroxyl groups excluding tert-OH is 1. The van der Waals surface area contributed by atoms with Crippen molar-refractivity contribution in [1.82, 2.24) is 4.57 Å². The number of hydrogen-bond acceptors (Lipinski definition) is 2. The lowest BCUT2D eigenvalue weighted by Crippen LogP contribution is -2.30. The number of fused-ring (bicyclic) bond motifs is 4. The van der Waals surface area contributed by atoms with Gasteiger partial charge in [-0.25, -0.2) is 0 Å². The van der Waals surface area contributed by atoms with Gasteiger partial charge in [-0.05, 0) is 43.7 Å². The maximum absolute atomic E-state index is 13.4. The minimum Gasteiger partial charge on any atom is -0.506 e. The summed E-state index contributed by atoms with van der Waals surface area (Å²) in [6.07, 6.45) is 1.89. The van der Waals surface area contributed by atoms with Gasteiger partial charge in [0.05, 0.1) is 16.6 Å². The van der Waals surface area contributed by atoms with Gasteiger partial charge < -0.3 is 9.67 Å². The molecular weight excluding hydrogens is 420 g/mol. The zero-order valence-corrected chi connectivity index (χ0v) is 20.1. The number of para-hydroxylation sites is 1. The van der Waals surface area contributed by atoms with Crippen molar-refractivity contribution in [3.8, 4) is 0 Å². The SMILES string of the molecule is Cc1c(C2=C(O)C(=CC3=[N+](C)c4ccc5ccccc5c4C3(C)C)C2=O)c2ccccc2n1C. The highest BCUT2D eigenvalue weighted by atomic mass is 16.3. The van der Waals surface area contributed by atoms with Crippen LogP contribution in [-0.4, -0.2) is 32.8 Å². The van der Waals surface area contributed by atoms with E-state index in [1.54, 1.807) is 0 Å². The summed E-state index contributed by atoms with van der Waals surface area (Å²) in [7, 11) is 4.03. The summed E-state index contributed by atoms with van der Waals surface area (Å²) in [4.78, 5) is 13.4. The van der Waals surface area contributed by atoms with Crippen LogP contribution in [0.1, 0.15) is 30.7 Å². The summed E-state index contributed by atoms with van der Waals surface area (Å²) in [5.74, 6) is -0.0172. The van der Waals surface area contributed by atoms with Crippen molar-refractivity contribution in [1.29, 1.82) is 0 Å². The number of benzene rings is 3. The first-order valence-electron chi connectivity index (χ1n) is 11.6. The van der Waals surface area contributed by atoms with Crippen LogP contribution in [0.15, 0.2) is 78.1 Å². The molecule has 1 aliphatic heterocycles. The molecule has 4 heteroatoms. The molecule has 0 fully saturated rings. The molecule has 6 rings (SSSR count). The fraction of sp³-hybridized carbons (Fsp3) is 0.200. The molecule has 4 nitrogen and oxygen atoms in total. The lowest BCUT2D eigenvalue weighted by atomic mass is 9.76. The van der Waals surface area contributed by atoms with Gasteiger partial charge in [-0.3, -0.25) is 4.79 Å². The number of carbonyl (C=O) groups is 1. The Kier molecular flexibility index (Phi) is 4.13. The van der Waals surface area contributed by atoms with Crippen LogP contribution in [0, 0.1) is 6.92 Å². The van der Waals surface area contributed by atoms with E-state index in [1.165, 1.54) is 16.3 Å². The molecule has 168 valence electrons. The van der Waals surface area contributed by atoms with Gasteiger partial charge in [0.2, 0.25) is 11.5 Å². The number of Topliss-reactive ketones (excluding diaryl/α,β-unsaturated/α-hetero) is 1. The highest BCUT2D eigenvalue weighted by molar-refractivity contribution is 6.41. The maximum Gasteiger partial charge on any atom is 0.210 e. The van der Waals surface area contributed by atoms with Crippen molar-refractivity contribution >= 4 is 44.4 Å². The van der Waals surface area contributed by atoms with E-state index in [2.05, 4.69) is 59.4 Å². The zero-order valence-electron chi connectivity index (χ0n) is 20.1. The number of aryl methyl sites for hydroxylation is 1. The molecule has 4 aromatic rings. The van der Waals surface area contributed by atoms with Crippen LogP contribution in [0.4, 0.5) is 5.69 Å². The van der Waals surface area contributed by atoms with E-state index in [4.69, 9.17) is 0 Å². The lowest BCUT2D eigenvalue weighted by Gasteiger charge is -2.23. The number of rotatable bonds is 2. The molecule has 1 aromatic heterocycles. The van der Waals surface area contributed by atoms with Crippen LogP contribution in [0.3, 0.4) is 0 Å². The number of hydrogen-bond donors (Lipinski definition) is 1. The summed E-state index contributed by atoms with van der Waals surface area (Å²) < 4.78 is 4.22. The highest BCUT2D eigenvalue weighted by Gasteiger charge is 2.47. The Balaban J connectivity index is 1.51. The number of allylic oxidation sites excluding steroid dienone is 3. The highest BCUT2D eigenvalue weighted by Crippen LogP contribution is 2.46. The average Bonchev–Trinajstić information content (AvgIpc) is 3.19. The van der Waals surface area contributed by atoms with Gasteiger partial charge in [0, 0.05) is 46.9 Å². The van der Waals surface area contributed by atoms with Crippen LogP contribution < -0.4 is 0 Å². The number of ketones is 1. The third-order valence-electron chi connectivity index (χ3n) is 7.79. The molecule has 0 unspecified atom stereocenters. The van der Waals surface area contributed by atoms with Gasteiger partial charge in [0.1, 0.15) is 12.8 Å². The second-order valence-corrected chi connectivity index (χ2v) is 9.90. The molecule has 2 aliphatic rings. The van der Waals surface area contributed by atoms with Crippen LogP contribution in [0.5, 0.6) is 0 Å². The largest absolute Gasteiger partial charge is 0.506 e. The third-order valence-corrected chi connectivity index (χ3v) is 7.79. The first kappa shape index (κ1) is 20.7. The fourth-order valence-electron chi connectivity index (χ4n) is 5.91. The van der Waals surface area contributed by atoms with Gasteiger partial charge in [-0.15, -0.1) is 0 Å². The second-order valence-electron chi connectivity index (χ2n) is 9.90. The van der Waals surface area contributed by atoms with Crippen molar-refractivity contribution in [2.75, 3.05) is 7.05 Å². The van der Waals surface area contributed by atoms with Gasteiger partial charge in [-0.2, -0.15) is 4.58 Å². The van der Waals surface area contributed by atoms with Crippen LogP contribution in [-0.2, 0) is 17.3 Å². The van der Waals surface area contributed by atoms with E-state index in [1.807, 2.05) is 51.4 Å². The molecule has 1 N–H and O–H groups in total. The number of aliphatic hydroxyl groups is 1. The molecule has 1 aliphatic carbocycles. The quantitative estimate of drug-likeness (QED) is 0.297. The molecule has 34 heavy (non-hydrogen) atoms. The van der Waals surface area contributed by atoms with Crippen LogP contribution >= 0.6 is 0 Å². The second kappa shape index (κ2) is 6.80. The van der Waals surface area contributed by atoms with Gasteiger partial charge in [0.25, 0.3) is 0 Å². The Morgan fingerprint density at radius 3 is 2.38 bits per heavy atom. The van der Waals surface area contributed by atoms with Crippen molar-refractivity contribution in [3.05, 3.63) is 94.9 Å². The third kappa shape index (κ3) is 2.48. The number of carbonyl (C=O) groups excluding carboxylic acids is 1. The van der Waals surface area contributed by atoms with Crippen molar-refractivity contribution < 1.29 is 14.5 Å². The molecule has 0 atom stereocenters. The smallest absolute Gasteiger partial charge is 0.210 e. The van der Waals surface area contributed by atoms with E-state index in [-0.39, 0.29) is 17.0 Å². The minimum absolute atomic E-state index is 0.0852. The first-order chi connectivity index (χ1) is 16.2. The fourth-order valence-corrected chi connectivity index (χ4v) is 5.91. The van der Waals surface area contributed by atoms with E-state index >= 15 is 0 Å². The van der Waals surface area contributed by atoms with Crippen LogP contribution in [0.2, 0.25) is 0 Å². The van der Waals surface area contributed by atoms with Crippen molar-refractivity contribution in [2.24, 2.45) is 7.05 Å². The Bertz CT molecular complexity index is 1680. The first-order valence-corrected chi connectivity index (χ1v) is 11.6. The van der Waals surface area contributed by atoms with Gasteiger partial charge >= 0.3 is 0 Å². The van der Waals surface area contributed by atoms with E-state index < -0.39 is 0 Å². The zero-order chi connectivity index (χ0) is 23.9. The summed E-state index contributed by atoms with van der Waals surface area (Å²) in [5, 5.41) is 14.5. The van der Waals surface area contributed by atoms with Crippen LogP contribution in [0.25, 0.3) is 27.2 Å². The molecule has 3 aromatic carbocycles. The van der Waals surface area contributed by atoms with E-state index in [9.17, 15) is 9.90 Å². The molecule has 0 radical (unpaired) electrons. The lowest BCUT2D eigenvalue weighted by molar-refractivity contribution is -0.401. The van der Waals surface area contributed by atoms with Gasteiger partial charge in [-0.1, -0.05) is 42.5 Å². The molecular formula is C30H27N2O2+. The minimum atomic E-state index is -0.316. The molecule has 2 heterocycles. The molecule has 0 saturated carbocycles. The normalized spacial score (nSPS) is 18.4. The van der Waals surface area contributed by atoms with Gasteiger partial charge in [0.15, 0.2) is 5.71 Å². The average molecular weight is 448 g/mol. The number of aromatic nitrogens is 1. The Morgan fingerprint density at radius 1 is 0.971 bits per heavy atom. The molecule has 0 spiro atoms. The summed E-state index contributed by atoms with van der Waals surface area (Å²) in [5.41, 5.74) is 6.73.